The molecule has 0 atom stereocenters. The maximum Gasteiger partial charge on any atom is 0.360 e. The van der Waals surface area contributed by atoms with Crippen LogP contribution in [0, 0.1) is 0 Å². The highest BCUT2D eigenvalue weighted by molar-refractivity contribution is 9.10. The van der Waals surface area contributed by atoms with Crippen molar-refractivity contribution in [3.63, 3.8) is 0 Å². The van der Waals surface area contributed by atoms with Gasteiger partial charge in [-0.15, -0.1) is 0 Å². The van der Waals surface area contributed by atoms with Gasteiger partial charge in [0.25, 0.3) is 0 Å². The van der Waals surface area contributed by atoms with Crippen molar-refractivity contribution in [2.45, 2.75) is 44.7 Å². The van der Waals surface area contributed by atoms with Crippen molar-refractivity contribution in [1.82, 2.24) is 9.88 Å². The maximum absolute atomic E-state index is 13.0. The Balaban J connectivity index is 1.78. The fourth-order valence-corrected chi connectivity index (χ4v) is 3.62. The summed E-state index contributed by atoms with van der Waals surface area (Å²) in [5, 5.41) is 2.95. The van der Waals surface area contributed by atoms with Crippen LogP contribution in [0.5, 0.6) is 0 Å². The summed E-state index contributed by atoms with van der Waals surface area (Å²) in [6.07, 6.45) is 6.49. The lowest BCUT2D eigenvalue weighted by molar-refractivity contribution is 0.0594. The van der Waals surface area contributed by atoms with Gasteiger partial charge in [-0.3, -0.25) is 0 Å². The zero-order valence-electron chi connectivity index (χ0n) is 15.1. The van der Waals surface area contributed by atoms with Gasteiger partial charge in [0.2, 0.25) is 5.89 Å². The summed E-state index contributed by atoms with van der Waals surface area (Å²) in [7, 11) is 1.29. The third-order valence-corrected chi connectivity index (χ3v) is 5.34. The molecule has 1 N–H and O–H groups in total. The number of amides is 2. The lowest BCUT2D eigenvalue weighted by atomic mass is 9.94. The number of carbonyl (C=O) groups is 2. The molecule has 1 fully saturated rings. The molecule has 0 saturated heterocycles. The molecule has 0 radical (unpaired) electrons. The van der Waals surface area contributed by atoms with E-state index in [2.05, 4.69) is 31.0 Å². The Morgan fingerprint density at radius 1 is 1.30 bits per heavy atom. The molecule has 0 bridgehead atoms. The first-order valence-electron chi connectivity index (χ1n) is 8.93. The van der Waals surface area contributed by atoms with E-state index in [1.165, 1.54) is 19.8 Å². The molecule has 1 heterocycles. The number of halogens is 1. The van der Waals surface area contributed by atoms with Crippen LogP contribution in [0.4, 0.5) is 10.5 Å². The van der Waals surface area contributed by atoms with Gasteiger partial charge in [0.05, 0.1) is 19.3 Å². The summed E-state index contributed by atoms with van der Waals surface area (Å²) in [6.45, 7) is 0.192. The third kappa shape index (κ3) is 4.88. The Labute approximate surface area is 166 Å². The number of nitrogens with one attached hydrogen (secondary N) is 1. The maximum atomic E-state index is 13.0. The highest BCUT2D eigenvalue weighted by atomic mass is 79.9. The lowest BCUT2D eigenvalue weighted by Crippen LogP contribution is -2.43. The average Bonchev–Trinajstić information content (AvgIpc) is 3.16. The van der Waals surface area contributed by atoms with Crippen LogP contribution in [0.1, 0.15) is 48.5 Å². The molecule has 2 aromatic rings. The first-order valence-corrected chi connectivity index (χ1v) is 9.72. The van der Waals surface area contributed by atoms with Gasteiger partial charge in [0.1, 0.15) is 6.26 Å². The van der Waals surface area contributed by atoms with E-state index < -0.39 is 5.97 Å². The molecule has 7 nitrogen and oxygen atoms in total. The van der Waals surface area contributed by atoms with Gasteiger partial charge >= 0.3 is 12.0 Å². The Hall–Kier alpha value is -2.35. The molecule has 0 spiro atoms. The number of para-hydroxylation sites is 1. The standard InChI is InChI=1S/C19H22BrN3O4/c1-26-18(24)16-12-27-17(21-16)11-23(13-7-3-2-4-8-13)19(25)22-15-10-6-5-9-14(15)20/h5-6,9-10,12-13H,2-4,7-8,11H2,1H3,(H,22,25). The fraction of sp³-hybridized carbons (Fsp3) is 0.421. The SMILES string of the molecule is COC(=O)c1coc(CN(C(=O)Nc2ccccc2Br)C2CCCCC2)n1. The number of benzene rings is 1. The molecule has 1 aliphatic carbocycles. The number of methoxy groups -OCH3 is 1. The monoisotopic (exact) mass is 435 g/mol. The summed E-state index contributed by atoms with van der Waals surface area (Å²) >= 11 is 3.45. The van der Waals surface area contributed by atoms with Crippen LogP contribution in [-0.4, -0.2) is 35.0 Å². The van der Waals surface area contributed by atoms with Gasteiger partial charge in [-0.25, -0.2) is 14.6 Å². The molecule has 144 valence electrons. The second-order valence-electron chi connectivity index (χ2n) is 6.45. The minimum Gasteiger partial charge on any atom is -0.464 e. The molecule has 1 saturated carbocycles. The topological polar surface area (TPSA) is 84.7 Å². The highest BCUT2D eigenvalue weighted by Gasteiger charge is 2.28. The van der Waals surface area contributed by atoms with Crippen LogP contribution in [0.3, 0.4) is 0 Å². The molecule has 0 unspecified atom stereocenters. The van der Waals surface area contributed by atoms with Crippen molar-refractivity contribution < 1.29 is 18.7 Å². The van der Waals surface area contributed by atoms with Crippen LogP contribution < -0.4 is 5.32 Å². The van der Waals surface area contributed by atoms with Crippen LogP contribution in [0.25, 0.3) is 0 Å². The first-order chi connectivity index (χ1) is 13.1. The number of rotatable bonds is 5. The van der Waals surface area contributed by atoms with Gasteiger partial charge < -0.3 is 19.4 Å². The van der Waals surface area contributed by atoms with E-state index in [9.17, 15) is 9.59 Å². The molecular weight excluding hydrogens is 414 g/mol. The Kier molecular flexibility index (Phi) is 6.49. The predicted octanol–water partition coefficient (Wildman–Crippen LogP) is 4.59. The molecular formula is C19H22BrN3O4. The normalized spacial score (nSPS) is 14.6. The molecule has 0 aliphatic heterocycles. The number of hydrogen-bond acceptors (Lipinski definition) is 5. The average molecular weight is 436 g/mol. The minimum absolute atomic E-state index is 0.0994. The number of ether oxygens (including phenoxy) is 1. The van der Waals surface area contributed by atoms with E-state index in [1.54, 1.807) is 4.90 Å². The molecule has 1 aromatic carbocycles. The number of aromatic nitrogens is 1. The van der Waals surface area contributed by atoms with E-state index in [0.717, 1.165) is 30.2 Å². The van der Waals surface area contributed by atoms with E-state index >= 15 is 0 Å². The molecule has 1 aromatic heterocycles. The zero-order chi connectivity index (χ0) is 19.2. The van der Waals surface area contributed by atoms with Crippen LogP contribution in [-0.2, 0) is 11.3 Å². The molecule has 3 rings (SSSR count). The lowest BCUT2D eigenvalue weighted by Gasteiger charge is -2.33. The van der Waals surface area contributed by atoms with Crippen molar-refractivity contribution in [1.29, 1.82) is 0 Å². The quantitative estimate of drug-likeness (QED) is 0.693. The van der Waals surface area contributed by atoms with Crippen molar-refractivity contribution in [2.75, 3.05) is 12.4 Å². The Morgan fingerprint density at radius 3 is 2.74 bits per heavy atom. The van der Waals surface area contributed by atoms with Crippen molar-refractivity contribution in [2.24, 2.45) is 0 Å². The van der Waals surface area contributed by atoms with E-state index in [-0.39, 0.29) is 24.3 Å². The summed E-state index contributed by atoms with van der Waals surface area (Å²) in [4.78, 5) is 30.5. The number of nitrogens with zero attached hydrogens (tertiary/aromatic N) is 2. The highest BCUT2D eigenvalue weighted by Crippen LogP contribution is 2.26. The molecule has 8 heteroatoms. The fourth-order valence-electron chi connectivity index (χ4n) is 3.24. The van der Waals surface area contributed by atoms with Gasteiger partial charge in [0, 0.05) is 10.5 Å². The Morgan fingerprint density at radius 2 is 2.04 bits per heavy atom. The van der Waals surface area contributed by atoms with Gasteiger partial charge in [0.15, 0.2) is 5.69 Å². The Bertz CT molecular complexity index is 802. The van der Waals surface area contributed by atoms with Crippen molar-refractivity contribution >= 4 is 33.6 Å². The van der Waals surface area contributed by atoms with E-state index in [4.69, 9.17) is 4.42 Å². The van der Waals surface area contributed by atoms with Crippen LogP contribution in [0.2, 0.25) is 0 Å². The zero-order valence-corrected chi connectivity index (χ0v) is 16.7. The van der Waals surface area contributed by atoms with Gasteiger partial charge in [-0.2, -0.15) is 0 Å². The summed E-state index contributed by atoms with van der Waals surface area (Å²) < 4.78 is 10.9. The van der Waals surface area contributed by atoms with Crippen LogP contribution in [0.15, 0.2) is 39.4 Å². The summed E-state index contributed by atoms with van der Waals surface area (Å²) in [5.41, 5.74) is 0.799. The summed E-state index contributed by atoms with van der Waals surface area (Å²) in [6, 6.07) is 7.35. The summed E-state index contributed by atoms with van der Waals surface area (Å²) in [5.74, 6) is -0.255. The number of esters is 1. The van der Waals surface area contributed by atoms with E-state index in [1.807, 2.05) is 24.3 Å². The predicted molar refractivity (Wildman–Crippen MR) is 103 cm³/mol. The second-order valence-corrected chi connectivity index (χ2v) is 7.30. The van der Waals surface area contributed by atoms with Gasteiger partial charge in [-0.1, -0.05) is 31.4 Å². The number of carbonyl (C=O) groups excluding carboxylic acids is 2. The largest absolute Gasteiger partial charge is 0.464 e. The number of urea groups is 1. The number of hydrogen-bond donors (Lipinski definition) is 1. The van der Waals surface area contributed by atoms with Crippen molar-refractivity contribution in [3.8, 4) is 0 Å². The van der Waals surface area contributed by atoms with Crippen molar-refractivity contribution in [3.05, 3.63) is 46.6 Å². The number of anilines is 1. The third-order valence-electron chi connectivity index (χ3n) is 4.64. The smallest absolute Gasteiger partial charge is 0.360 e. The number of oxazole rings is 1. The molecule has 2 amide bonds. The molecule has 27 heavy (non-hydrogen) atoms. The van der Waals surface area contributed by atoms with E-state index in [0.29, 0.717) is 11.6 Å². The first kappa shape index (κ1) is 19.4. The second kappa shape index (κ2) is 9.03. The van der Waals surface area contributed by atoms with Crippen LogP contribution >= 0.6 is 15.9 Å². The molecule has 1 aliphatic rings. The minimum atomic E-state index is -0.563. The van der Waals surface area contributed by atoms with Gasteiger partial charge in [-0.05, 0) is 40.9 Å².